The van der Waals surface area contributed by atoms with Crippen LogP contribution in [0.1, 0.15) is 44.9 Å². The van der Waals surface area contributed by atoms with E-state index in [1.165, 1.54) is 24.8 Å². The van der Waals surface area contributed by atoms with Gasteiger partial charge in [0.15, 0.2) is 0 Å². The van der Waals surface area contributed by atoms with E-state index in [0.717, 1.165) is 38.8 Å². The van der Waals surface area contributed by atoms with E-state index in [1.54, 1.807) is 6.20 Å². The fraction of sp³-hybridized carbons (Fsp3) is 0.714. The van der Waals surface area contributed by atoms with Gasteiger partial charge in [-0.25, -0.2) is 4.79 Å². The summed E-state index contributed by atoms with van der Waals surface area (Å²) in [6.45, 7) is 1.70. The van der Waals surface area contributed by atoms with Gasteiger partial charge in [0.25, 0.3) is 0 Å². The van der Waals surface area contributed by atoms with E-state index in [9.17, 15) is 9.59 Å². The van der Waals surface area contributed by atoms with E-state index in [1.807, 2.05) is 0 Å². The average molecular weight is 265 g/mol. The molecule has 0 radical (unpaired) electrons. The van der Waals surface area contributed by atoms with Crippen LogP contribution in [-0.4, -0.2) is 25.0 Å². The Hall–Kier alpha value is -1.36. The lowest BCUT2D eigenvalue weighted by atomic mass is 9.96. The van der Waals surface area contributed by atoms with Gasteiger partial charge in [-0.1, -0.05) is 12.0 Å². The van der Waals surface area contributed by atoms with Crippen LogP contribution in [0.15, 0.2) is 11.8 Å². The number of hydrogen-bond donors (Lipinski definition) is 3. The zero-order valence-corrected chi connectivity index (χ0v) is 11.3. The molecule has 1 aliphatic carbocycles. The molecule has 0 spiro atoms. The van der Waals surface area contributed by atoms with Crippen LogP contribution in [0, 0.1) is 5.92 Å². The summed E-state index contributed by atoms with van der Waals surface area (Å²) >= 11 is 0. The summed E-state index contributed by atoms with van der Waals surface area (Å²) < 4.78 is 0. The highest BCUT2D eigenvalue weighted by atomic mass is 16.2. The minimum absolute atomic E-state index is 0.0330. The highest BCUT2D eigenvalue weighted by Crippen LogP contribution is 2.21. The third-order valence-electron chi connectivity index (χ3n) is 3.85. The predicted molar refractivity (Wildman–Crippen MR) is 73.4 cm³/mol. The number of nitrogens with one attached hydrogen (secondary N) is 3. The number of hydrogen-bond acceptors (Lipinski definition) is 3. The SMILES string of the molecule is O=C(NC=C1CCCCC1)NC(=O)C1CCNCC1. The molecule has 2 rings (SSSR count). The summed E-state index contributed by atoms with van der Waals surface area (Å²) in [5, 5.41) is 8.30. The Labute approximate surface area is 114 Å². The van der Waals surface area contributed by atoms with Gasteiger partial charge in [0.2, 0.25) is 5.91 Å². The van der Waals surface area contributed by atoms with Gasteiger partial charge >= 0.3 is 6.03 Å². The molecule has 5 heteroatoms. The minimum atomic E-state index is -0.401. The average Bonchev–Trinajstić information content (AvgIpc) is 2.47. The van der Waals surface area contributed by atoms with E-state index in [-0.39, 0.29) is 11.8 Å². The third kappa shape index (κ3) is 4.67. The van der Waals surface area contributed by atoms with Gasteiger partial charge in [-0.3, -0.25) is 10.1 Å². The van der Waals surface area contributed by atoms with Gasteiger partial charge in [0, 0.05) is 12.1 Å². The van der Waals surface area contributed by atoms with Gasteiger partial charge in [-0.05, 0) is 51.6 Å². The number of urea groups is 1. The monoisotopic (exact) mass is 265 g/mol. The molecule has 0 aromatic carbocycles. The number of carbonyl (C=O) groups is 2. The summed E-state index contributed by atoms with van der Waals surface area (Å²) in [5.41, 5.74) is 1.27. The zero-order chi connectivity index (χ0) is 13.5. The Bertz CT molecular complexity index is 352. The van der Waals surface area contributed by atoms with Crippen LogP contribution < -0.4 is 16.0 Å². The van der Waals surface area contributed by atoms with Crippen molar-refractivity contribution >= 4 is 11.9 Å². The fourth-order valence-electron chi connectivity index (χ4n) is 2.65. The number of piperidine rings is 1. The standard InChI is InChI=1S/C14H23N3O2/c18-13(12-6-8-15-9-7-12)17-14(19)16-10-11-4-2-1-3-5-11/h10,12,15H,1-9H2,(H2,16,17,18,19). The van der Waals surface area contributed by atoms with E-state index in [4.69, 9.17) is 0 Å². The van der Waals surface area contributed by atoms with Crippen molar-refractivity contribution in [3.8, 4) is 0 Å². The fourth-order valence-corrected chi connectivity index (χ4v) is 2.65. The van der Waals surface area contributed by atoms with Gasteiger partial charge in [0.05, 0.1) is 0 Å². The number of rotatable bonds is 2. The van der Waals surface area contributed by atoms with Crippen molar-refractivity contribution in [2.24, 2.45) is 5.92 Å². The zero-order valence-electron chi connectivity index (χ0n) is 11.3. The van der Waals surface area contributed by atoms with Crippen LogP contribution in [0.25, 0.3) is 0 Å². The molecule has 3 N–H and O–H groups in total. The molecule has 106 valence electrons. The van der Waals surface area contributed by atoms with Crippen LogP contribution in [0.5, 0.6) is 0 Å². The molecular formula is C14H23N3O2. The molecule has 1 saturated heterocycles. The van der Waals surface area contributed by atoms with Crippen molar-refractivity contribution in [1.82, 2.24) is 16.0 Å². The van der Waals surface area contributed by atoms with E-state index in [0.29, 0.717) is 0 Å². The van der Waals surface area contributed by atoms with Crippen molar-refractivity contribution in [1.29, 1.82) is 0 Å². The second kappa shape index (κ2) is 7.28. The molecule has 1 heterocycles. The Morgan fingerprint density at radius 1 is 1.11 bits per heavy atom. The van der Waals surface area contributed by atoms with Gasteiger partial charge < -0.3 is 10.6 Å². The lowest BCUT2D eigenvalue weighted by Crippen LogP contribution is -2.43. The maximum atomic E-state index is 11.8. The van der Waals surface area contributed by atoms with Crippen molar-refractivity contribution in [3.05, 3.63) is 11.8 Å². The van der Waals surface area contributed by atoms with E-state index >= 15 is 0 Å². The maximum absolute atomic E-state index is 11.8. The molecule has 0 aromatic rings. The quantitative estimate of drug-likeness (QED) is 0.711. The lowest BCUT2D eigenvalue weighted by Gasteiger charge is -2.21. The number of carbonyl (C=O) groups excluding carboxylic acids is 2. The minimum Gasteiger partial charge on any atom is -0.317 e. The van der Waals surface area contributed by atoms with Crippen molar-refractivity contribution in [2.45, 2.75) is 44.9 Å². The predicted octanol–water partition coefficient (Wildman–Crippen LogP) is 1.66. The first kappa shape index (κ1) is 14.1. The first-order valence-electron chi connectivity index (χ1n) is 7.25. The van der Waals surface area contributed by atoms with Crippen LogP contribution in [-0.2, 0) is 4.79 Å². The normalized spacial score (nSPS) is 20.7. The number of allylic oxidation sites excluding steroid dienone is 1. The van der Waals surface area contributed by atoms with Crippen LogP contribution >= 0.6 is 0 Å². The van der Waals surface area contributed by atoms with Crippen molar-refractivity contribution in [2.75, 3.05) is 13.1 Å². The van der Waals surface area contributed by atoms with Crippen molar-refractivity contribution in [3.63, 3.8) is 0 Å². The largest absolute Gasteiger partial charge is 0.325 e. The van der Waals surface area contributed by atoms with Gasteiger partial charge in [0.1, 0.15) is 0 Å². The second-order valence-electron chi connectivity index (χ2n) is 5.35. The summed E-state index contributed by atoms with van der Waals surface area (Å²) in [4.78, 5) is 23.5. The molecule has 2 aliphatic rings. The number of amides is 3. The summed E-state index contributed by atoms with van der Waals surface area (Å²) in [5.74, 6) is -0.185. The molecule has 1 saturated carbocycles. The first-order valence-corrected chi connectivity index (χ1v) is 7.25. The first-order chi connectivity index (χ1) is 9.25. The maximum Gasteiger partial charge on any atom is 0.325 e. The molecule has 5 nitrogen and oxygen atoms in total. The topological polar surface area (TPSA) is 70.2 Å². The molecule has 0 atom stereocenters. The molecule has 0 unspecified atom stereocenters. The van der Waals surface area contributed by atoms with Gasteiger partial charge in [-0.15, -0.1) is 0 Å². The summed E-state index contributed by atoms with van der Waals surface area (Å²) in [6.07, 6.45) is 9.17. The molecule has 0 bridgehead atoms. The van der Waals surface area contributed by atoms with E-state index in [2.05, 4.69) is 16.0 Å². The van der Waals surface area contributed by atoms with Gasteiger partial charge in [-0.2, -0.15) is 0 Å². The molecule has 1 aliphatic heterocycles. The molecular weight excluding hydrogens is 242 g/mol. The van der Waals surface area contributed by atoms with Crippen molar-refractivity contribution < 1.29 is 9.59 Å². The lowest BCUT2D eigenvalue weighted by molar-refractivity contribution is -0.124. The summed E-state index contributed by atoms with van der Waals surface area (Å²) in [7, 11) is 0. The smallest absolute Gasteiger partial charge is 0.317 e. The Morgan fingerprint density at radius 2 is 1.79 bits per heavy atom. The van der Waals surface area contributed by atoms with Crippen LogP contribution in [0.2, 0.25) is 0 Å². The Kier molecular flexibility index (Phi) is 5.39. The number of imide groups is 1. The molecule has 19 heavy (non-hydrogen) atoms. The molecule has 2 fully saturated rings. The summed E-state index contributed by atoms with van der Waals surface area (Å²) in [6, 6.07) is -0.401. The highest BCUT2D eigenvalue weighted by molar-refractivity contribution is 5.95. The second-order valence-corrected chi connectivity index (χ2v) is 5.35. The Morgan fingerprint density at radius 3 is 2.47 bits per heavy atom. The van der Waals surface area contributed by atoms with E-state index < -0.39 is 6.03 Å². The highest BCUT2D eigenvalue weighted by Gasteiger charge is 2.22. The van der Waals surface area contributed by atoms with Crippen LogP contribution in [0.4, 0.5) is 4.79 Å². The molecule has 3 amide bonds. The third-order valence-corrected chi connectivity index (χ3v) is 3.85. The van der Waals surface area contributed by atoms with Crippen LogP contribution in [0.3, 0.4) is 0 Å². The molecule has 0 aromatic heterocycles. The Balaban J connectivity index is 1.72.